The first-order valence-corrected chi connectivity index (χ1v) is 5.00. The highest BCUT2D eigenvalue weighted by Gasteiger charge is 2.18. The van der Waals surface area contributed by atoms with Crippen molar-refractivity contribution < 1.29 is 17.6 Å². The number of rotatable bonds is 3. The zero-order chi connectivity index (χ0) is 12.4. The Morgan fingerprint density at radius 3 is 2.53 bits per heavy atom. The SMILES string of the molecule is CNCc1occc1-c1ccc(F)c(F)c1F. The minimum atomic E-state index is -1.47. The van der Waals surface area contributed by atoms with E-state index in [4.69, 9.17) is 4.42 Å². The molecule has 0 amide bonds. The molecule has 0 fully saturated rings. The van der Waals surface area contributed by atoms with Crippen LogP contribution < -0.4 is 5.32 Å². The van der Waals surface area contributed by atoms with E-state index < -0.39 is 17.5 Å². The van der Waals surface area contributed by atoms with Crippen LogP contribution in [-0.4, -0.2) is 7.05 Å². The molecule has 2 nitrogen and oxygen atoms in total. The molecule has 0 unspecified atom stereocenters. The standard InChI is InChI=1S/C12H10F3NO/c1-16-6-10-7(4-5-17-10)8-2-3-9(13)12(15)11(8)14/h2-5,16H,6H2,1H3. The second-order valence-corrected chi connectivity index (χ2v) is 3.51. The monoisotopic (exact) mass is 241 g/mol. The van der Waals surface area contributed by atoms with Gasteiger partial charge in [0.15, 0.2) is 17.5 Å². The second kappa shape index (κ2) is 4.63. The van der Waals surface area contributed by atoms with Gasteiger partial charge in [-0.2, -0.15) is 0 Å². The molecule has 0 saturated heterocycles. The lowest BCUT2D eigenvalue weighted by Gasteiger charge is -2.05. The maximum atomic E-state index is 13.6. The van der Waals surface area contributed by atoms with Gasteiger partial charge in [0.05, 0.1) is 12.8 Å². The number of hydrogen-bond acceptors (Lipinski definition) is 2. The molecule has 0 aliphatic rings. The fourth-order valence-corrected chi connectivity index (χ4v) is 1.61. The Morgan fingerprint density at radius 2 is 1.82 bits per heavy atom. The lowest BCUT2D eigenvalue weighted by Crippen LogP contribution is -2.05. The van der Waals surface area contributed by atoms with E-state index in [1.54, 1.807) is 7.05 Å². The predicted octanol–water partition coefficient (Wildman–Crippen LogP) is 3.08. The van der Waals surface area contributed by atoms with Crippen LogP contribution in [0.2, 0.25) is 0 Å². The first-order chi connectivity index (χ1) is 8.15. The Hall–Kier alpha value is -1.75. The van der Waals surface area contributed by atoms with E-state index in [0.29, 0.717) is 17.9 Å². The van der Waals surface area contributed by atoms with Gasteiger partial charge in [-0.1, -0.05) is 0 Å². The average Bonchev–Trinajstić information content (AvgIpc) is 2.75. The van der Waals surface area contributed by atoms with Gasteiger partial charge in [-0.05, 0) is 25.2 Å². The van der Waals surface area contributed by atoms with Crippen molar-refractivity contribution in [2.45, 2.75) is 6.54 Å². The van der Waals surface area contributed by atoms with Crippen molar-refractivity contribution in [1.82, 2.24) is 5.32 Å². The molecule has 17 heavy (non-hydrogen) atoms. The quantitative estimate of drug-likeness (QED) is 0.835. The first kappa shape index (κ1) is 11.7. The predicted molar refractivity (Wildman–Crippen MR) is 56.8 cm³/mol. The molecule has 1 aromatic heterocycles. The summed E-state index contributed by atoms with van der Waals surface area (Å²) < 4.78 is 44.6. The number of furan rings is 1. The highest BCUT2D eigenvalue weighted by atomic mass is 19.2. The Morgan fingerprint density at radius 1 is 1.06 bits per heavy atom. The number of nitrogens with one attached hydrogen (secondary N) is 1. The maximum absolute atomic E-state index is 13.6. The van der Waals surface area contributed by atoms with Crippen LogP contribution in [0.25, 0.3) is 11.1 Å². The maximum Gasteiger partial charge on any atom is 0.195 e. The van der Waals surface area contributed by atoms with Gasteiger partial charge in [-0.15, -0.1) is 0 Å². The van der Waals surface area contributed by atoms with Crippen LogP contribution in [0, 0.1) is 17.5 Å². The topological polar surface area (TPSA) is 25.2 Å². The molecular formula is C12H10F3NO. The molecule has 90 valence electrons. The molecular weight excluding hydrogens is 231 g/mol. The van der Waals surface area contributed by atoms with E-state index in [1.807, 2.05) is 0 Å². The van der Waals surface area contributed by atoms with Gasteiger partial charge < -0.3 is 9.73 Å². The third-order valence-electron chi connectivity index (χ3n) is 2.41. The summed E-state index contributed by atoms with van der Waals surface area (Å²) in [7, 11) is 1.70. The van der Waals surface area contributed by atoms with Crippen LogP contribution in [0.1, 0.15) is 5.76 Å². The summed E-state index contributed by atoms with van der Waals surface area (Å²) in [5, 5.41) is 2.84. The zero-order valence-electron chi connectivity index (χ0n) is 9.06. The van der Waals surface area contributed by atoms with E-state index in [-0.39, 0.29) is 5.56 Å². The van der Waals surface area contributed by atoms with Gasteiger partial charge in [0.2, 0.25) is 0 Å². The van der Waals surface area contributed by atoms with Crippen LogP contribution in [0.5, 0.6) is 0 Å². The Balaban J connectivity index is 2.53. The van der Waals surface area contributed by atoms with Gasteiger partial charge in [0, 0.05) is 11.1 Å². The van der Waals surface area contributed by atoms with Gasteiger partial charge in [-0.25, -0.2) is 13.2 Å². The molecule has 0 spiro atoms. The van der Waals surface area contributed by atoms with Crippen molar-refractivity contribution in [3.8, 4) is 11.1 Å². The normalized spacial score (nSPS) is 10.8. The Bertz CT molecular complexity index is 537. The van der Waals surface area contributed by atoms with Crippen molar-refractivity contribution in [2.24, 2.45) is 0 Å². The van der Waals surface area contributed by atoms with Crippen LogP contribution in [0.3, 0.4) is 0 Å². The van der Waals surface area contributed by atoms with Crippen molar-refractivity contribution in [1.29, 1.82) is 0 Å². The van der Waals surface area contributed by atoms with Gasteiger partial charge in [0.1, 0.15) is 5.76 Å². The largest absolute Gasteiger partial charge is 0.467 e. The third-order valence-corrected chi connectivity index (χ3v) is 2.41. The van der Waals surface area contributed by atoms with E-state index in [9.17, 15) is 13.2 Å². The minimum Gasteiger partial charge on any atom is -0.467 e. The van der Waals surface area contributed by atoms with Gasteiger partial charge >= 0.3 is 0 Å². The summed E-state index contributed by atoms with van der Waals surface area (Å²) in [5.74, 6) is -3.41. The van der Waals surface area contributed by atoms with Crippen molar-refractivity contribution >= 4 is 0 Å². The second-order valence-electron chi connectivity index (χ2n) is 3.51. The molecule has 0 aliphatic heterocycles. The molecule has 2 rings (SSSR count). The van der Waals surface area contributed by atoms with Crippen LogP contribution in [0.4, 0.5) is 13.2 Å². The first-order valence-electron chi connectivity index (χ1n) is 5.00. The summed E-state index contributed by atoms with van der Waals surface area (Å²) in [6.45, 7) is 0.376. The fraction of sp³-hybridized carbons (Fsp3) is 0.167. The molecule has 0 atom stereocenters. The highest BCUT2D eigenvalue weighted by Crippen LogP contribution is 2.29. The van der Waals surface area contributed by atoms with Crippen LogP contribution in [0.15, 0.2) is 28.9 Å². The Labute approximate surface area is 96.1 Å². The lowest BCUT2D eigenvalue weighted by molar-refractivity contribution is 0.448. The zero-order valence-corrected chi connectivity index (χ0v) is 9.06. The van der Waals surface area contributed by atoms with Crippen LogP contribution in [-0.2, 0) is 6.54 Å². The molecule has 2 aromatic rings. The number of benzene rings is 1. The molecule has 1 heterocycles. The molecule has 0 saturated carbocycles. The van der Waals surface area contributed by atoms with E-state index in [0.717, 1.165) is 6.07 Å². The van der Waals surface area contributed by atoms with Crippen molar-refractivity contribution in [3.05, 3.63) is 47.7 Å². The number of halogens is 3. The number of hydrogen-bond donors (Lipinski definition) is 1. The van der Waals surface area contributed by atoms with E-state index in [2.05, 4.69) is 5.32 Å². The smallest absolute Gasteiger partial charge is 0.195 e. The van der Waals surface area contributed by atoms with Gasteiger partial charge in [-0.3, -0.25) is 0 Å². The van der Waals surface area contributed by atoms with E-state index in [1.165, 1.54) is 18.4 Å². The highest BCUT2D eigenvalue weighted by molar-refractivity contribution is 5.66. The Kier molecular flexibility index (Phi) is 3.19. The summed E-state index contributed by atoms with van der Waals surface area (Å²) in [6, 6.07) is 3.60. The van der Waals surface area contributed by atoms with Crippen molar-refractivity contribution in [2.75, 3.05) is 7.05 Å². The summed E-state index contributed by atoms with van der Waals surface area (Å²) in [4.78, 5) is 0. The van der Waals surface area contributed by atoms with Crippen LogP contribution >= 0.6 is 0 Å². The molecule has 0 bridgehead atoms. The van der Waals surface area contributed by atoms with Gasteiger partial charge in [0.25, 0.3) is 0 Å². The minimum absolute atomic E-state index is 0.0112. The lowest BCUT2D eigenvalue weighted by atomic mass is 10.1. The summed E-state index contributed by atoms with van der Waals surface area (Å²) in [5.41, 5.74) is 0.402. The van der Waals surface area contributed by atoms with Crippen molar-refractivity contribution in [3.63, 3.8) is 0 Å². The average molecular weight is 241 g/mol. The molecule has 5 heteroatoms. The summed E-state index contributed by atoms with van der Waals surface area (Å²) >= 11 is 0. The molecule has 1 aromatic carbocycles. The molecule has 0 radical (unpaired) electrons. The molecule has 1 N–H and O–H groups in total. The molecule has 0 aliphatic carbocycles. The summed E-state index contributed by atoms with van der Waals surface area (Å²) in [6.07, 6.45) is 1.38. The van der Waals surface area contributed by atoms with E-state index >= 15 is 0 Å². The third kappa shape index (κ3) is 2.06. The fourth-order valence-electron chi connectivity index (χ4n) is 1.61.